The third-order valence-corrected chi connectivity index (χ3v) is 6.43. The van der Waals surface area contributed by atoms with E-state index in [-0.39, 0.29) is 5.56 Å². The predicted molar refractivity (Wildman–Crippen MR) is 135 cm³/mol. The van der Waals surface area contributed by atoms with Gasteiger partial charge in [0.2, 0.25) is 10.5 Å². The molecule has 0 saturated heterocycles. The van der Waals surface area contributed by atoms with Crippen LogP contribution in [0.2, 0.25) is 0 Å². The molecule has 0 aliphatic heterocycles. The summed E-state index contributed by atoms with van der Waals surface area (Å²) in [6, 6.07) is 23.8. The van der Waals surface area contributed by atoms with Crippen molar-refractivity contribution in [2.75, 3.05) is 7.05 Å². The monoisotopic (exact) mass is 455 g/mol. The van der Waals surface area contributed by atoms with Gasteiger partial charge in [-0.2, -0.15) is 0 Å². The van der Waals surface area contributed by atoms with Gasteiger partial charge in [0.25, 0.3) is 5.56 Å². The molecule has 0 saturated carbocycles. The van der Waals surface area contributed by atoms with Crippen molar-refractivity contribution in [3.05, 3.63) is 105 Å². The lowest BCUT2D eigenvalue weighted by atomic mass is 10.1. The van der Waals surface area contributed by atoms with Crippen molar-refractivity contribution in [3.63, 3.8) is 0 Å². The molecule has 0 amide bonds. The zero-order chi connectivity index (χ0) is 23.1. The topological polar surface area (TPSA) is 47.5 Å². The molecule has 3 aromatic carbocycles. The van der Waals surface area contributed by atoms with Crippen LogP contribution in [0, 0.1) is 18.6 Å². The Morgan fingerprint density at radius 2 is 1.58 bits per heavy atom. The SMILES string of the molecule is Cc1ccccc1CN(C)Cn1nc2n(-c3ccccc3C)c(=O)c3ccccc3n2c1=S. The first-order valence-electron chi connectivity index (χ1n) is 10.9. The summed E-state index contributed by atoms with van der Waals surface area (Å²) in [4.78, 5) is 15.7. The van der Waals surface area contributed by atoms with Crippen LogP contribution < -0.4 is 5.56 Å². The third kappa shape index (κ3) is 3.69. The Hall–Kier alpha value is -3.55. The fourth-order valence-electron chi connectivity index (χ4n) is 4.29. The second kappa shape index (κ2) is 8.42. The number of aromatic nitrogens is 4. The normalized spacial score (nSPS) is 11.6. The first-order valence-corrected chi connectivity index (χ1v) is 11.3. The summed E-state index contributed by atoms with van der Waals surface area (Å²) in [7, 11) is 2.05. The molecule has 0 aliphatic rings. The fraction of sp³-hybridized carbons (Fsp3) is 0.192. The highest BCUT2D eigenvalue weighted by Gasteiger charge is 2.18. The lowest BCUT2D eigenvalue weighted by molar-refractivity contribution is 0.244. The van der Waals surface area contributed by atoms with Gasteiger partial charge in [0.05, 0.1) is 23.3 Å². The first-order chi connectivity index (χ1) is 16.0. The van der Waals surface area contributed by atoms with Crippen molar-refractivity contribution in [2.24, 2.45) is 0 Å². The highest BCUT2D eigenvalue weighted by Crippen LogP contribution is 2.20. The Bertz CT molecular complexity index is 1610. The molecule has 0 aliphatic carbocycles. The molecule has 0 fully saturated rings. The Morgan fingerprint density at radius 3 is 2.33 bits per heavy atom. The third-order valence-electron chi connectivity index (χ3n) is 6.03. The van der Waals surface area contributed by atoms with Gasteiger partial charge in [0.1, 0.15) is 0 Å². The van der Waals surface area contributed by atoms with E-state index in [0.29, 0.717) is 22.6 Å². The van der Waals surface area contributed by atoms with Gasteiger partial charge in [-0.05, 0) is 68.0 Å². The van der Waals surface area contributed by atoms with Crippen LogP contribution in [-0.2, 0) is 13.2 Å². The van der Waals surface area contributed by atoms with Crippen LogP contribution in [0.3, 0.4) is 0 Å². The van der Waals surface area contributed by atoms with Gasteiger partial charge in [-0.3, -0.25) is 14.1 Å². The maximum atomic E-state index is 13.6. The summed E-state index contributed by atoms with van der Waals surface area (Å²) in [5.74, 6) is 0.516. The minimum Gasteiger partial charge on any atom is -0.283 e. The highest BCUT2D eigenvalue weighted by molar-refractivity contribution is 7.71. The van der Waals surface area contributed by atoms with E-state index in [1.165, 1.54) is 11.1 Å². The van der Waals surface area contributed by atoms with Crippen molar-refractivity contribution < 1.29 is 0 Å². The first kappa shape index (κ1) is 21.3. The molecule has 5 rings (SSSR count). The van der Waals surface area contributed by atoms with Crippen molar-refractivity contribution in [2.45, 2.75) is 27.1 Å². The Kier molecular flexibility index (Phi) is 5.44. The van der Waals surface area contributed by atoms with Crippen molar-refractivity contribution in [1.29, 1.82) is 0 Å². The predicted octanol–water partition coefficient (Wildman–Crippen LogP) is 4.88. The van der Waals surface area contributed by atoms with E-state index in [0.717, 1.165) is 23.3 Å². The molecule has 0 spiro atoms. The second-order valence-corrected chi connectivity index (χ2v) is 8.81. The van der Waals surface area contributed by atoms with Crippen LogP contribution in [0.15, 0.2) is 77.6 Å². The largest absolute Gasteiger partial charge is 0.283 e. The van der Waals surface area contributed by atoms with Gasteiger partial charge in [0, 0.05) is 6.54 Å². The lowest BCUT2D eigenvalue weighted by Gasteiger charge is -2.17. The summed E-state index contributed by atoms with van der Waals surface area (Å²) >= 11 is 5.87. The minimum absolute atomic E-state index is 0.104. The van der Waals surface area contributed by atoms with E-state index < -0.39 is 0 Å². The number of hydrogen-bond acceptors (Lipinski definition) is 4. The van der Waals surface area contributed by atoms with E-state index in [2.05, 4.69) is 30.0 Å². The number of nitrogens with zero attached hydrogens (tertiary/aromatic N) is 5. The molecule has 0 atom stereocenters. The summed E-state index contributed by atoms with van der Waals surface area (Å²) in [6.07, 6.45) is 0. The van der Waals surface area contributed by atoms with Crippen LogP contribution in [0.1, 0.15) is 16.7 Å². The molecular weight excluding hydrogens is 430 g/mol. The standard InChI is InChI=1S/C26H25N5OS/c1-18-10-4-6-12-20(18)16-28(3)17-29-26(33)31-23-15-9-7-13-21(23)24(32)30(25(31)27-29)22-14-8-5-11-19(22)2/h4-15H,16-17H2,1-3H3. The Balaban J connectivity index is 1.69. The van der Waals surface area contributed by atoms with E-state index in [1.807, 2.05) is 73.0 Å². The van der Waals surface area contributed by atoms with Crippen LogP contribution in [0.25, 0.3) is 22.4 Å². The molecular formula is C26H25N5OS. The molecule has 0 radical (unpaired) electrons. The molecule has 2 aromatic heterocycles. The van der Waals surface area contributed by atoms with Gasteiger partial charge in [0.15, 0.2) is 0 Å². The molecule has 7 heteroatoms. The zero-order valence-electron chi connectivity index (χ0n) is 18.9. The Labute approximate surface area is 196 Å². The number of fused-ring (bicyclic) bond motifs is 3. The van der Waals surface area contributed by atoms with Gasteiger partial charge in [-0.15, -0.1) is 5.10 Å². The maximum absolute atomic E-state index is 13.6. The molecule has 166 valence electrons. The molecule has 33 heavy (non-hydrogen) atoms. The fourth-order valence-corrected chi connectivity index (χ4v) is 4.57. The number of rotatable bonds is 5. The van der Waals surface area contributed by atoms with E-state index >= 15 is 0 Å². The van der Waals surface area contributed by atoms with Crippen LogP contribution in [-0.4, -0.2) is 30.7 Å². The average Bonchev–Trinajstić information content (AvgIpc) is 3.12. The number of hydrogen-bond donors (Lipinski definition) is 0. The molecule has 0 N–H and O–H groups in total. The van der Waals surface area contributed by atoms with Crippen LogP contribution in [0.5, 0.6) is 0 Å². The number of benzene rings is 3. The zero-order valence-corrected chi connectivity index (χ0v) is 19.7. The Morgan fingerprint density at radius 1 is 0.909 bits per heavy atom. The van der Waals surface area contributed by atoms with Crippen molar-refractivity contribution in [1.82, 2.24) is 23.6 Å². The summed E-state index contributed by atoms with van der Waals surface area (Å²) in [5.41, 5.74) is 4.97. The van der Waals surface area contributed by atoms with E-state index in [1.54, 1.807) is 9.25 Å². The molecule has 6 nitrogen and oxygen atoms in total. The van der Waals surface area contributed by atoms with Crippen LogP contribution in [0.4, 0.5) is 0 Å². The van der Waals surface area contributed by atoms with Crippen molar-refractivity contribution >= 4 is 28.9 Å². The molecule has 5 aromatic rings. The van der Waals surface area contributed by atoms with E-state index in [4.69, 9.17) is 17.3 Å². The highest BCUT2D eigenvalue weighted by atomic mass is 32.1. The summed E-state index contributed by atoms with van der Waals surface area (Å²) < 4.78 is 5.93. The lowest BCUT2D eigenvalue weighted by Crippen LogP contribution is -2.23. The molecule has 0 bridgehead atoms. The number of aryl methyl sites for hydroxylation is 2. The summed E-state index contributed by atoms with van der Waals surface area (Å²) in [6.45, 7) is 5.39. The molecule has 2 heterocycles. The van der Waals surface area contributed by atoms with E-state index in [9.17, 15) is 4.79 Å². The quantitative estimate of drug-likeness (QED) is 0.355. The second-order valence-electron chi connectivity index (χ2n) is 8.44. The van der Waals surface area contributed by atoms with Gasteiger partial charge >= 0.3 is 0 Å². The average molecular weight is 456 g/mol. The van der Waals surface area contributed by atoms with Crippen LogP contribution >= 0.6 is 12.2 Å². The van der Waals surface area contributed by atoms with Gasteiger partial charge in [-0.25, -0.2) is 9.25 Å². The van der Waals surface area contributed by atoms with Gasteiger partial charge in [-0.1, -0.05) is 54.6 Å². The maximum Gasteiger partial charge on any atom is 0.267 e. The van der Waals surface area contributed by atoms with Gasteiger partial charge < -0.3 is 0 Å². The van der Waals surface area contributed by atoms with Crippen molar-refractivity contribution in [3.8, 4) is 5.69 Å². The molecule has 0 unspecified atom stereocenters. The number of para-hydroxylation sites is 2. The minimum atomic E-state index is -0.104. The smallest absolute Gasteiger partial charge is 0.267 e. The summed E-state index contributed by atoms with van der Waals surface area (Å²) in [5, 5.41) is 5.45.